The first-order chi connectivity index (χ1) is 5.29. The van der Waals surface area contributed by atoms with E-state index in [2.05, 4.69) is 4.98 Å². The predicted octanol–water partition coefficient (Wildman–Crippen LogP) is 0.600. The number of carbonyl (C=O) groups excluding carboxylic acids is 1. The monoisotopic (exact) mass is 148 g/mol. The third-order valence-corrected chi connectivity index (χ3v) is 1.90. The molecule has 1 aliphatic rings. The molecule has 3 heteroatoms. The van der Waals surface area contributed by atoms with Crippen LogP contribution >= 0.6 is 0 Å². The maximum Gasteiger partial charge on any atom is 0.232 e. The largest absolute Gasteiger partial charge is 0.299 e. The molecular formula is C8H8N2O. The summed E-state index contributed by atoms with van der Waals surface area (Å²) in [6.07, 6.45) is 2.20. The van der Waals surface area contributed by atoms with Gasteiger partial charge in [0.05, 0.1) is 6.42 Å². The Kier molecular flexibility index (Phi) is 1.18. The number of aromatic nitrogens is 1. The van der Waals surface area contributed by atoms with E-state index in [-0.39, 0.29) is 5.91 Å². The maximum absolute atomic E-state index is 11.1. The summed E-state index contributed by atoms with van der Waals surface area (Å²) < 4.78 is 0. The van der Waals surface area contributed by atoms with Gasteiger partial charge in [0.15, 0.2) is 0 Å². The molecule has 3 nitrogen and oxygen atoms in total. The van der Waals surface area contributed by atoms with Crippen molar-refractivity contribution >= 4 is 11.7 Å². The number of anilines is 1. The normalized spacial score (nSPS) is 15.4. The summed E-state index contributed by atoms with van der Waals surface area (Å²) in [6.45, 7) is 0. The average Bonchev–Trinajstić information content (AvgIpc) is 2.30. The summed E-state index contributed by atoms with van der Waals surface area (Å²) in [5.74, 6) is 0.927. The zero-order chi connectivity index (χ0) is 7.84. The molecule has 56 valence electrons. The lowest BCUT2D eigenvalue weighted by Gasteiger charge is -2.06. The minimum Gasteiger partial charge on any atom is -0.299 e. The molecule has 1 aromatic heterocycles. The lowest BCUT2D eigenvalue weighted by molar-refractivity contribution is -0.117. The van der Waals surface area contributed by atoms with Gasteiger partial charge in [0, 0.05) is 18.8 Å². The maximum atomic E-state index is 11.1. The standard InChI is InChI=1S/C8H8N2O/c1-10-7(11)5-6-3-2-4-9-8(6)10/h2-4H,5H2,1H3. The van der Waals surface area contributed by atoms with Crippen LogP contribution in [0.4, 0.5) is 5.82 Å². The van der Waals surface area contributed by atoms with Crippen LogP contribution in [0.2, 0.25) is 0 Å². The Morgan fingerprint density at radius 1 is 1.64 bits per heavy atom. The molecule has 0 N–H and O–H groups in total. The van der Waals surface area contributed by atoms with E-state index in [0.717, 1.165) is 11.4 Å². The molecule has 0 saturated heterocycles. The summed E-state index contributed by atoms with van der Waals surface area (Å²) in [5.41, 5.74) is 1.03. The van der Waals surface area contributed by atoms with E-state index in [1.165, 1.54) is 0 Å². The number of hydrogen-bond acceptors (Lipinski definition) is 2. The average molecular weight is 148 g/mol. The van der Waals surface area contributed by atoms with Crippen LogP contribution in [0.3, 0.4) is 0 Å². The Hall–Kier alpha value is -1.38. The molecule has 0 unspecified atom stereocenters. The predicted molar refractivity (Wildman–Crippen MR) is 41.4 cm³/mol. The first-order valence-corrected chi connectivity index (χ1v) is 3.49. The van der Waals surface area contributed by atoms with Gasteiger partial charge in [-0.05, 0) is 6.07 Å². The second-order valence-electron chi connectivity index (χ2n) is 2.62. The van der Waals surface area contributed by atoms with Gasteiger partial charge < -0.3 is 0 Å². The van der Waals surface area contributed by atoms with E-state index in [1.54, 1.807) is 18.1 Å². The van der Waals surface area contributed by atoms with Crippen LogP contribution in [0.15, 0.2) is 18.3 Å². The van der Waals surface area contributed by atoms with Crippen LogP contribution in [0.1, 0.15) is 5.56 Å². The molecule has 0 fully saturated rings. The van der Waals surface area contributed by atoms with Crippen molar-refractivity contribution < 1.29 is 4.79 Å². The third-order valence-electron chi connectivity index (χ3n) is 1.90. The Morgan fingerprint density at radius 3 is 3.18 bits per heavy atom. The second kappa shape index (κ2) is 2.05. The van der Waals surface area contributed by atoms with Crippen LogP contribution < -0.4 is 4.90 Å². The smallest absolute Gasteiger partial charge is 0.232 e. The molecule has 0 aliphatic carbocycles. The van der Waals surface area contributed by atoms with Crippen molar-refractivity contribution in [3.8, 4) is 0 Å². The van der Waals surface area contributed by atoms with Crippen molar-refractivity contribution in [1.29, 1.82) is 0 Å². The molecule has 0 bridgehead atoms. The summed E-state index contributed by atoms with van der Waals surface area (Å²) in [5, 5.41) is 0. The lowest BCUT2D eigenvalue weighted by atomic mass is 10.2. The highest BCUT2D eigenvalue weighted by Crippen LogP contribution is 2.23. The van der Waals surface area contributed by atoms with E-state index in [9.17, 15) is 4.79 Å². The van der Waals surface area contributed by atoms with Crippen molar-refractivity contribution in [3.05, 3.63) is 23.9 Å². The number of pyridine rings is 1. The highest BCUT2D eigenvalue weighted by molar-refractivity contribution is 5.99. The van der Waals surface area contributed by atoms with Crippen LogP contribution in [0.25, 0.3) is 0 Å². The van der Waals surface area contributed by atoms with Gasteiger partial charge in [0.1, 0.15) is 5.82 Å². The molecule has 1 amide bonds. The Labute approximate surface area is 64.7 Å². The molecule has 2 heterocycles. The number of hydrogen-bond donors (Lipinski definition) is 0. The molecule has 0 radical (unpaired) electrons. The van der Waals surface area contributed by atoms with Crippen molar-refractivity contribution in [3.63, 3.8) is 0 Å². The number of nitrogens with zero attached hydrogens (tertiary/aromatic N) is 2. The molecule has 0 aromatic carbocycles. The molecular weight excluding hydrogens is 140 g/mol. The number of fused-ring (bicyclic) bond motifs is 1. The molecule has 0 spiro atoms. The zero-order valence-corrected chi connectivity index (χ0v) is 6.24. The molecule has 0 saturated carbocycles. The fourth-order valence-corrected chi connectivity index (χ4v) is 1.27. The molecule has 1 aliphatic heterocycles. The van der Waals surface area contributed by atoms with E-state index >= 15 is 0 Å². The molecule has 2 rings (SSSR count). The van der Waals surface area contributed by atoms with Crippen LogP contribution in [-0.4, -0.2) is 17.9 Å². The van der Waals surface area contributed by atoms with Crippen molar-refractivity contribution in [2.75, 3.05) is 11.9 Å². The van der Waals surface area contributed by atoms with Gasteiger partial charge >= 0.3 is 0 Å². The summed E-state index contributed by atoms with van der Waals surface area (Å²) in [6, 6.07) is 3.79. The van der Waals surface area contributed by atoms with Crippen LogP contribution in [0.5, 0.6) is 0 Å². The van der Waals surface area contributed by atoms with Gasteiger partial charge in [0.2, 0.25) is 5.91 Å². The van der Waals surface area contributed by atoms with Gasteiger partial charge in [0.25, 0.3) is 0 Å². The SMILES string of the molecule is CN1C(=O)Cc2cccnc21. The Morgan fingerprint density at radius 2 is 2.45 bits per heavy atom. The van der Waals surface area contributed by atoms with Crippen molar-refractivity contribution in [2.24, 2.45) is 0 Å². The Balaban J connectivity index is 2.55. The van der Waals surface area contributed by atoms with E-state index in [1.807, 2.05) is 12.1 Å². The molecule has 0 atom stereocenters. The van der Waals surface area contributed by atoms with Crippen LogP contribution in [-0.2, 0) is 11.2 Å². The van der Waals surface area contributed by atoms with Gasteiger partial charge in [-0.3, -0.25) is 9.69 Å². The number of carbonyl (C=O) groups is 1. The minimum absolute atomic E-state index is 0.124. The quantitative estimate of drug-likeness (QED) is 0.539. The van der Waals surface area contributed by atoms with Crippen LogP contribution in [0, 0.1) is 0 Å². The summed E-state index contributed by atoms with van der Waals surface area (Å²) in [7, 11) is 1.75. The highest BCUT2D eigenvalue weighted by Gasteiger charge is 2.23. The molecule has 11 heavy (non-hydrogen) atoms. The topological polar surface area (TPSA) is 33.2 Å². The van der Waals surface area contributed by atoms with E-state index < -0.39 is 0 Å². The Bertz CT molecular complexity index is 309. The number of amides is 1. The zero-order valence-electron chi connectivity index (χ0n) is 6.24. The fourth-order valence-electron chi connectivity index (χ4n) is 1.27. The summed E-state index contributed by atoms with van der Waals surface area (Å²) >= 11 is 0. The van der Waals surface area contributed by atoms with Gasteiger partial charge in [-0.15, -0.1) is 0 Å². The van der Waals surface area contributed by atoms with E-state index in [4.69, 9.17) is 0 Å². The fraction of sp³-hybridized carbons (Fsp3) is 0.250. The lowest BCUT2D eigenvalue weighted by Crippen LogP contribution is -2.21. The first-order valence-electron chi connectivity index (χ1n) is 3.49. The number of rotatable bonds is 0. The number of likely N-dealkylation sites (N-methyl/N-ethyl adjacent to an activating group) is 1. The minimum atomic E-state index is 0.124. The van der Waals surface area contributed by atoms with E-state index in [0.29, 0.717) is 6.42 Å². The van der Waals surface area contributed by atoms with Gasteiger partial charge in [-0.2, -0.15) is 0 Å². The summed E-state index contributed by atoms with van der Waals surface area (Å²) in [4.78, 5) is 16.8. The molecule has 1 aromatic rings. The third kappa shape index (κ3) is 0.808. The van der Waals surface area contributed by atoms with Crippen molar-refractivity contribution in [1.82, 2.24) is 4.98 Å². The second-order valence-corrected chi connectivity index (χ2v) is 2.62. The van der Waals surface area contributed by atoms with Crippen molar-refractivity contribution in [2.45, 2.75) is 6.42 Å². The first kappa shape index (κ1) is 6.34. The van der Waals surface area contributed by atoms with Gasteiger partial charge in [-0.25, -0.2) is 4.98 Å². The van der Waals surface area contributed by atoms with Gasteiger partial charge in [-0.1, -0.05) is 6.07 Å². The highest BCUT2D eigenvalue weighted by atomic mass is 16.2.